The van der Waals surface area contributed by atoms with Crippen LogP contribution in [0.4, 0.5) is 4.79 Å². The molecule has 1 atom stereocenters. The first-order valence-corrected chi connectivity index (χ1v) is 10.5. The molecule has 0 aliphatic rings. The van der Waals surface area contributed by atoms with Crippen molar-refractivity contribution in [1.82, 2.24) is 15.5 Å². The molecule has 30 heavy (non-hydrogen) atoms. The summed E-state index contributed by atoms with van der Waals surface area (Å²) in [6, 6.07) is 4.96. The summed E-state index contributed by atoms with van der Waals surface area (Å²) in [5.41, 5.74) is 2.24. The normalized spacial score (nSPS) is 12.1. The number of hydrogen-bond acceptors (Lipinski definition) is 4. The van der Waals surface area contributed by atoms with Gasteiger partial charge in [-0.05, 0) is 57.7 Å². The topological polar surface area (TPSA) is 87.7 Å². The summed E-state index contributed by atoms with van der Waals surface area (Å²) in [4.78, 5) is 38.9. The quantitative estimate of drug-likeness (QED) is 0.598. The Labute approximate surface area is 180 Å². The molecule has 0 aromatic heterocycles. The number of amides is 3. The van der Waals surface area contributed by atoms with Gasteiger partial charge in [-0.2, -0.15) is 0 Å². The third kappa shape index (κ3) is 8.43. The summed E-state index contributed by atoms with van der Waals surface area (Å²) in [6.45, 7) is 11.6. The average Bonchev–Trinajstić information content (AvgIpc) is 2.64. The van der Waals surface area contributed by atoms with E-state index < -0.39 is 17.7 Å². The van der Waals surface area contributed by atoms with Crippen LogP contribution in [-0.4, -0.2) is 48.5 Å². The van der Waals surface area contributed by atoms with Crippen LogP contribution in [0.2, 0.25) is 0 Å². The van der Waals surface area contributed by atoms with Crippen LogP contribution >= 0.6 is 0 Å². The van der Waals surface area contributed by atoms with Gasteiger partial charge in [-0.3, -0.25) is 9.59 Å². The predicted octanol–water partition coefficient (Wildman–Crippen LogP) is 3.63. The van der Waals surface area contributed by atoms with E-state index in [1.165, 1.54) is 4.90 Å². The molecule has 1 aromatic carbocycles. The highest BCUT2D eigenvalue weighted by molar-refractivity contribution is 5.90. The number of unbranched alkanes of at least 4 members (excludes halogenated alkanes) is 2. The second-order valence-corrected chi connectivity index (χ2v) is 8.60. The molecule has 0 spiro atoms. The minimum atomic E-state index is -0.779. The first-order chi connectivity index (χ1) is 14.0. The van der Waals surface area contributed by atoms with Crippen molar-refractivity contribution in [2.45, 2.75) is 72.4 Å². The van der Waals surface area contributed by atoms with E-state index in [2.05, 4.69) is 17.6 Å². The fraction of sp³-hybridized carbons (Fsp3) is 0.609. The molecule has 7 heteroatoms. The van der Waals surface area contributed by atoms with Crippen LogP contribution in [0.1, 0.15) is 69.7 Å². The molecule has 0 aliphatic carbocycles. The minimum absolute atomic E-state index is 0.234. The van der Waals surface area contributed by atoms with Gasteiger partial charge in [-0.15, -0.1) is 0 Å². The van der Waals surface area contributed by atoms with Gasteiger partial charge < -0.3 is 20.3 Å². The molecule has 0 saturated heterocycles. The fourth-order valence-electron chi connectivity index (χ4n) is 2.90. The lowest BCUT2D eigenvalue weighted by atomic mass is 9.99. The Morgan fingerprint density at radius 1 is 1.07 bits per heavy atom. The van der Waals surface area contributed by atoms with Crippen LogP contribution in [0.25, 0.3) is 0 Å². The highest BCUT2D eigenvalue weighted by Gasteiger charge is 2.29. The highest BCUT2D eigenvalue weighted by Crippen LogP contribution is 2.23. The predicted molar refractivity (Wildman–Crippen MR) is 118 cm³/mol. The molecule has 0 bridgehead atoms. The molecule has 1 rings (SSSR count). The molecule has 0 heterocycles. The zero-order valence-corrected chi connectivity index (χ0v) is 19.4. The molecule has 7 nitrogen and oxygen atoms in total. The third-order valence-corrected chi connectivity index (χ3v) is 4.74. The van der Waals surface area contributed by atoms with Crippen LogP contribution in [0.3, 0.4) is 0 Å². The molecule has 0 saturated carbocycles. The van der Waals surface area contributed by atoms with Crippen molar-refractivity contribution in [3.8, 4) is 0 Å². The van der Waals surface area contributed by atoms with E-state index in [4.69, 9.17) is 4.74 Å². The standard InChI is InChI=1S/C23H37N3O4/c1-8-9-10-13-24-21(28)20(18-12-11-16(2)17(3)14-18)26(7)19(27)15-25-22(29)30-23(4,5)6/h11-12,14,20H,8-10,13,15H2,1-7H3,(H,24,28)(H,25,29). The van der Waals surface area contributed by atoms with Crippen molar-refractivity contribution in [1.29, 1.82) is 0 Å². The lowest BCUT2D eigenvalue weighted by molar-refractivity contribution is -0.138. The lowest BCUT2D eigenvalue weighted by Crippen LogP contribution is -2.46. The second-order valence-electron chi connectivity index (χ2n) is 8.60. The van der Waals surface area contributed by atoms with Crippen molar-refractivity contribution >= 4 is 17.9 Å². The number of carbonyl (C=O) groups excluding carboxylic acids is 3. The van der Waals surface area contributed by atoms with E-state index >= 15 is 0 Å². The monoisotopic (exact) mass is 419 g/mol. The zero-order chi connectivity index (χ0) is 22.9. The van der Waals surface area contributed by atoms with Crippen LogP contribution in [0.5, 0.6) is 0 Å². The summed E-state index contributed by atoms with van der Waals surface area (Å²) < 4.78 is 5.17. The maximum atomic E-state index is 13.0. The minimum Gasteiger partial charge on any atom is -0.444 e. The number of aryl methyl sites for hydroxylation is 2. The number of alkyl carbamates (subject to hydrolysis) is 1. The first kappa shape index (κ1) is 25.5. The van der Waals surface area contributed by atoms with Crippen molar-refractivity contribution in [3.05, 3.63) is 34.9 Å². The van der Waals surface area contributed by atoms with Crippen LogP contribution in [-0.2, 0) is 14.3 Å². The average molecular weight is 420 g/mol. The van der Waals surface area contributed by atoms with Gasteiger partial charge in [-0.1, -0.05) is 38.0 Å². The molecule has 0 fully saturated rings. The number of carbonyl (C=O) groups is 3. The van der Waals surface area contributed by atoms with E-state index in [1.54, 1.807) is 27.8 Å². The van der Waals surface area contributed by atoms with Gasteiger partial charge in [-0.25, -0.2) is 4.79 Å². The molecule has 0 radical (unpaired) electrons. The van der Waals surface area contributed by atoms with Crippen molar-refractivity contribution in [2.75, 3.05) is 20.1 Å². The van der Waals surface area contributed by atoms with Gasteiger partial charge in [0.2, 0.25) is 11.8 Å². The Morgan fingerprint density at radius 2 is 1.73 bits per heavy atom. The Balaban J connectivity index is 2.93. The zero-order valence-electron chi connectivity index (χ0n) is 19.4. The van der Waals surface area contributed by atoms with Crippen molar-refractivity contribution < 1.29 is 19.1 Å². The molecule has 1 aromatic rings. The number of hydrogen-bond donors (Lipinski definition) is 2. The summed E-state index contributed by atoms with van der Waals surface area (Å²) in [5, 5.41) is 5.40. The van der Waals surface area contributed by atoms with Crippen LogP contribution in [0, 0.1) is 13.8 Å². The molecule has 168 valence electrons. The number of ether oxygens (including phenoxy) is 1. The van der Waals surface area contributed by atoms with E-state index in [9.17, 15) is 14.4 Å². The maximum Gasteiger partial charge on any atom is 0.408 e. The third-order valence-electron chi connectivity index (χ3n) is 4.74. The first-order valence-electron chi connectivity index (χ1n) is 10.5. The summed E-state index contributed by atoms with van der Waals surface area (Å²) in [5.74, 6) is -0.615. The van der Waals surface area contributed by atoms with Crippen LogP contribution < -0.4 is 10.6 Å². The Morgan fingerprint density at radius 3 is 2.30 bits per heavy atom. The van der Waals surface area contributed by atoms with Crippen molar-refractivity contribution in [3.63, 3.8) is 0 Å². The van der Waals surface area contributed by atoms with E-state index in [0.29, 0.717) is 6.54 Å². The molecular formula is C23H37N3O4. The van der Waals surface area contributed by atoms with E-state index in [0.717, 1.165) is 36.0 Å². The van der Waals surface area contributed by atoms with E-state index in [-0.39, 0.29) is 18.4 Å². The fourth-order valence-corrected chi connectivity index (χ4v) is 2.90. The van der Waals surface area contributed by atoms with E-state index in [1.807, 2.05) is 32.0 Å². The van der Waals surface area contributed by atoms with Crippen molar-refractivity contribution in [2.24, 2.45) is 0 Å². The number of nitrogens with one attached hydrogen (secondary N) is 2. The molecule has 0 aliphatic heterocycles. The van der Waals surface area contributed by atoms with Gasteiger partial charge >= 0.3 is 6.09 Å². The molecule has 2 N–H and O–H groups in total. The highest BCUT2D eigenvalue weighted by atomic mass is 16.6. The largest absolute Gasteiger partial charge is 0.444 e. The summed E-state index contributed by atoms with van der Waals surface area (Å²) in [7, 11) is 1.57. The molecule has 3 amide bonds. The Bertz CT molecular complexity index is 740. The number of benzene rings is 1. The Hall–Kier alpha value is -2.57. The van der Waals surface area contributed by atoms with Gasteiger partial charge in [0.25, 0.3) is 0 Å². The van der Waals surface area contributed by atoms with Crippen LogP contribution in [0.15, 0.2) is 18.2 Å². The SMILES string of the molecule is CCCCCNC(=O)C(c1ccc(C)c(C)c1)N(C)C(=O)CNC(=O)OC(C)(C)C. The summed E-state index contributed by atoms with van der Waals surface area (Å²) >= 11 is 0. The number of rotatable bonds is 9. The Kier molecular flexibility index (Phi) is 9.82. The number of nitrogens with zero attached hydrogens (tertiary/aromatic N) is 1. The maximum absolute atomic E-state index is 13.0. The number of likely N-dealkylation sites (N-methyl/N-ethyl adjacent to an activating group) is 1. The van der Waals surface area contributed by atoms with Gasteiger partial charge in [0.1, 0.15) is 18.2 Å². The van der Waals surface area contributed by atoms with Gasteiger partial charge in [0.05, 0.1) is 0 Å². The second kappa shape index (κ2) is 11.6. The molecular weight excluding hydrogens is 382 g/mol. The van der Waals surface area contributed by atoms with Gasteiger partial charge in [0, 0.05) is 13.6 Å². The molecule has 1 unspecified atom stereocenters. The smallest absolute Gasteiger partial charge is 0.408 e. The van der Waals surface area contributed by atoms with Gasteiger partial charge in [0.15, 0.2) is 0 Å². The lowest BCUT2D eigenvalue weighted by Gasteiger charge is -2.28. The summed E-state index contributed by atoms with van der Waals surface area (Å²) in [6.07, 6.45) is 2.31.